The lowest BCUT2D eigenvalue weighted by atomic mass is 10.5. The van der Waals surface area contributed by atoms with Crippen LogP contribution < -0.4 is 9.88 Å². The summed E-state index contributed by atoms with van der Waals surface area (Å²) in [4.78, 5) is 13.7. The molecule has 6 heteroatoms. The highest BCUT2D eigenvalue weighted by Crippen LogP contribution is 2.12. The lowest BCUT2D eigenvalue weighted by Crippen LogP contribution is -2.46. The average molecular weight is 244 g/mol. The highest BCUT2D eigenvalue weighted by Gasteiger charge is 2.23. The summed E-state index contributed by atoms with van der Waals surface area (Å²) in [7, 11) is 3.92. The van der Waals surface area contributed by atoms with E-state index in [1.165, 1.54) is 11.3 Å². The van der Waals surface area contributed by atoms with E-state index in [0.29, 0.717) is 13.3 Å². The molecule has 0 saturated heterocycles. The molecule has 0 bridgehead atoms. The molecule has 0 amide bonds. The molecule has 1 aromatic heterocycles. The summed E-state index contributed by atoms with van der Waals surface area (Å²) in [6.07, 6.45) is -0.331. The molecule has 0 aliphatic carbocycles. The van der Waals surface area contributed by atoms with E-state index < -0.39 is 0 Å². The summed E-state index contributed by atoms with van der Waals surface area (Å²) in [5, 5.41) is 5.90. The number of hydrogen-bond acceptors (Lipinski definition) is 5. The zero-order valence-corrected chi connectivity index (χ0v) is 10.9. The molecule has 16 heavy (non-hydrogen) atoms. The summed E-state index contributed by atoms with van der Waals surface area (Å²) >= 11 is 1.50. The van der Waals surface area contributed by atoms with Gasteiger partial charge in [-0.05, 0) is 27.9 Å². The molecule has 0 aliphatic heterocycles. The maximum Gasteiger partial charge on any atom is 0.512 e. The van der Waals surface area contributed by atoms with Gasteiger partial charge in [0.1, 0.15) is 12.4 Å². The molecule has 0 aliphatic rings. The standard InChI is InChI=1S/C10H17N3O2S/c1-5-15-10(14)13-8(2)6-16-9(13)11-7-12(3)4/h6H,5,7H2,1-4H3/p+1. The lowest BCUT2D eigenvalue weighted by Gasteiger charge is -2.06. The van der Waals surface area contributed by atoms with Crippen molar-refractivity contribution in [1.82, 2.24) is 4.90 Å². The zero-order chi connectivity index (χ0) is 12.1. The van der Waals surface area contributed by atoms with Crippen LogP contribution in [0.2, 0.25) is 0 Å². The molecule has 0 fully saturated rings. The third-order valence-electron chi connectivity index (χ3n) is 1.89. The molecule has 0 unspecified atom stereocenters. The number of aromatic nitrogens is 1. The molecule has 1 rings (SSSR count). The van der Waals surface area contributed by atoms with Crippen molar-refractivity contribution in [3.63, 3.8) is 0 Å². The van der Waals surface area contributed by atoms with Crippen molar-refractivity contribution in [2.24, 2.45) is 0 Å². The number of ether oxygens (including phenoxy) is 1. The topological polar surface area (TPSA) is 45.5 Å². The quantitative estimate of drug-likeness (QED) is 0.640. The molecule has 1 N–H and O–H groups in total. The number of rotatable bonds is 4. The fourth-order valence-electron chi connectivity index (χ4n) is 1.17. The van der Waals surface area contributed by atoms with Gasteiger partial charge in [-0.15, -0.1) is 4.57 Å². The molecule has 90 valence electrons. The summed E-state index contributed by atoms with van der Waals surface area (Å²) in [6, 6.07) is 0. The third-order valence-corrected chi connectivity index (χ3v) is 2.90. The van der Waals surface area contributed by atoms with E-state index in [-0.39, 0.29) is 6.09 Å². The molecule has 0 radical (unpaired) electrons. The Hall–Kier alpha value is -1.14. The van der Waals surface area contributed by atoms with Crippen LogP contribution in [-0.2, 0) is 4.74 Å². The van der Waals surface area contributed by atoms with E-state index in [0.717, 1.165) is 10.8 Å². The maximum absolute atomic E-state index is 11.7. The Morgan fingerprint density at radius 2 is 2.31 bits per heavy atom. The van der Waals surface area contributed by atoms with Crippen molar-refractivity contribution in [1.29, 1.82) is 0 Å². The monoisotopic (exact) mass is 244 g/mol. The Morgan fingerprint density at radius 3 is 2.88 bits per heavy atom. The fourth-order valence-corrected chi connectivity index (χ4v) is 2.03. The Bertz CT molecular complexity index is 363. The van der Waals surface area contributed by atoms with Crippen LogP contribution >= 0.6 is 11.3 Å². The summed E-state index contributed by atoms with van der Waals surface area (Å²) in [5.41, 5.74) is 0.879. The molecular weight excluding hydrogens is 226 g/mol. The van der Waals surface area contributed by atoms with E-state index in [1.54, 1.807) is 11.5 Å². The van der Waals surface area contributed by atoms with Crippen molar-refractivity contribution in [3.8, 4) is 0 Å². The third kappa shape index (κ3) is 3.18. The molecule has 0 atom stereocenters. The second-order valence-electron chi connectivity index (χ2n) is 3.63. The lowest BCUT2D eigenvalue weighted by molar-refractivity contribution is -0.573. The van der Waals surface area contributed by atoms with Gasteiger partial charge in [0.2, 0.25) is 0 Å². The number of carbonyl (C=O) groups excluding carboxylic acids is 1. The van der Waals surface area contributed by atoms with Gasteiger partial charge >= 0.3 is 11.2 Å². The second kappa shape index (κ2) is 5.81. The Kier molecular flexibility index (Phi) is 4.70. The number of carbonyl (C=O) groups is 1. The molecule has 1 aromatic rings. The first kappa shape index (κ1) is 12.9. The van der Waals surface area contributed by atoms with Crippen LogP contribution in [0.5, 0.6) is 0 Å². The van der Waals surface area contributed by atoms with Crippen LogP contribution in [-0.4, -0.2) is 38.4 Å². The first-order valence-electron chi connectivity index (χ1n) is 5.12. The molecule has 5 nitrogen and oxygen atoms in total. The van der Waals surface area contributed by atoms with Crippen molar-refractivity contribution in [2.75, 3.05) is 32.7 Å². The number of nitrogens with one attached hydrogen (secondary N) is 1. The smallest absolute Gasteiger partial charge is 0.431 e. The molecular formula is C10H18N3O2S+. The normalized spacial score (nSPS) is 10.6. The number of hydrogen-bond donors (Lipinski definition) is 1. The summed E-state index contributed by atoms with van der Waals surface area (Å²) in [5.74, 6) is 0. The van der Waals surface area contributed by atoms with Crippen molar-refractivity contribution in [3.05, 3.63) is 11.1 Å². The number of aryl methyl sites for hydroxylation is 1. The van der Waals surface area contributed by atoms with Crippen LogP contribution in [0.25, 0.3) is 0 Å². The van der Waals surface area contributed by atoms with E-state index in [9.17, 15) is 4.79 Å². The van der Waals surface area contributed by atoms with Gasteiger partial charge in [-0.2, -0.15) is 4.79 Å². The van der Waals surface area contributed by atoms with Crippen molar-refractivity contribution in [2.45, 2.75) is 13.8 Å². The van der Waals surface area contributed by atoms with Crippen LogP contribution in [0.1, 0.15) is 12.6 Å². The Morgan fingerprint density at radius 1 is 1.62 bits per heavy atom. The summed E-state index contributed by atoms with van der Waals surface area (Å²) < 4.78 is 6.54. The average Bonchev–Trinajstić information content (AvgIpc) is 2.57. The summed E-state index contributed by atoms with van der Waals surface area (Å²) in [6.45, 7) is 4.74. The first-order valence-corrected chi connectivity index (χ1v) is 6.00. The van der Waals surface area contributed by atoms with Crippen LogP contribution in [0.4, 0.5) is 9.93 Å². The van der Waals surface area contributed by atoms with Gasteiger partial charge < -0.3 is 4.74 Å². The highest BCUT2D eigenvalue weighted by atomic mass is 32.1. The Balaban J connectivity index is 2.81. The van der Waals surface area contributed by atoms with Gasteiger partial charge in [0, 0.05) is 5.38 Å². The number of anilines is 1. The van der Waals surface area contributed by atoms with E-state index in [1.807, 2.05) is 31.3 Å². The van der Waals surface area contributed by atoms with Crippen molar-refractivity contribution >= 4 is 22.6 Å². The fraction of sp³-hybridized carbons (Fsp3) is 0.600. The minimum atomic E-state index is -0.331. The minimum Gasteiger partial charge on any atom is -0.431 e. The van der Waals surface area contributed by atoms with Gasteiger partial charge in [-0.25, -0.2) is 0 Å². The van der Waals surface area contributed by atoms with Crippen LogP contribution in [0.15, 0.2) is 5.38 Å². The minimum absolute atomic E-state index is 0.331. The Labute approximate surface area is 99.6 Å². The van der Waals surface area contributed by atoms with Gasteiger partial charge in [0.25, 0.3) is 0 Å². The van der Waals surface area contributed by atoms with E-state index in [4.69, 9.17) is 4.74 Å². The highest BCUT2D eigenvalue weighted by molar-refractivity contribution is 7.13. The SMILES string of the molecule is CCOC(=O)[n+]1c(C)csc1NCN(C)C. The van der Waals surface area contributed by atoms with Crippen LogP contribution in [0, 0.1) is 6.92 Å². The van der Waals surface area contributed by atoms with Gasteiger partial charge in [0.05, 0.1) is 6.61 Å². The largest absolute Gasteiger partial charge is 0.512 e. The van der Waals surface area contributed by atoms with Crippen molar-refractivity contribution < 1.29 is 14.1 Å². The molecule has 0 saturated carbocycles. The van der Waals surface area contributed by atoms with Gasteiger partial charge in [0.15, 0.2) is 0 Å². The van der Waals surface area contributed by atoms with Gasteiger partial charge in [-0.3, -0.25) is 10.2 Å². The molecule has 0 aromatic carbocycles. The molecule has 0 spiro atoms. The number of thiazole rings is 1. The van der Waals surface area contributed by atoms with E-state index >= 15 is 0 Å². The second-order valence-corrected chi connectivity index (χ2v) is 4.49. The maximum atomic E-state index is 11.7. The van der Waals surface area contributed by atoms with Gasteiger partial charge in [-0.1, -0.05) is 11.3 Å². The zero-order valence-electron chi connectivity index (χ0n) is 10.1. The predicted molar refractivity (Wildman–Crippen MR) is 63.8 cm³/mol. The first-order chi connectivity index (χ1) is 7.56. The predicted octanol–water partition coefficient (Wildman–Crippen LogP) is 1.28. The van der Waals surface area contributed by atoms with E-state index in [2.05, 4.69) is 5.32 Å². The number of nitrogens with zero attached hydrogens (tertiary/aromatic N) is 2. The molecule has 1 heterocycles. The van der Waals surface area contributed by atoms with Crippen LogP contribution in [0.3, 0.4) is 0 Å².